The number of imidazole rings is 1. The summed E-state index contributed by atoms with van der Waals surface area (Å²) in [5.74, 6) is 2.58. The van der Waals surface area contributed by atoms with E-state index in [-0.39, 0.29) is 5.41 Å². The van der Waals surface area contributed by atoms with Crippen LogP contribution in [0, 0.1) is 11.8 Å². The Balaban J connectivity index is 1.69. The SMILES string of the molecule is C1=C(C2CCCCC2)c2ccccc2C1(c1ncc[nH]1)C1CCCCC1. The Bertz CT molecular complexity index is 776. The number of H-pyrrole nitrogens is 1. The molecule has 2 heteroatoms. The molecule has 2 saturated carbocycles. The van der Waals surface area contributed by atoms with Crippen LogP contribution in [-0.4, -0.2) is 9.97 Å². The van der Waals surface area contributed by atoms with Crippen molar-refractivity contribution in [3.63, 3.8) is 0 Å². The van der Waals surface area contributed by atoms with Gasteiger partial charge in [0.1, 0.15) is 5.82 Å². The maximum Gasteiger partial charge on any atom is 0.120 e. The van der Waals surface area contributed by atoms with E-state index in [0.29, 0.717) is 5.92 Å². The van der Waals surface area contributed by atoms with Crippen molar-refractivity contribution < 1.29 is 0 Å². The molecule has 0 radical (unpaired) electrons. The summed E-state index contributed by atoms with van der Waals surface area (Å²) in [4.78, 5) is 8.35. The summed E-state index contributed by atoms with van der Waals surface area (Å²) in [6.07, 6.45) is 20.3. The van der Waals surface area contributed by atoms with E-state index in [1.165, 1.54) is 81.2 Å². The fraction of sp³-hybridized carbons (Fsp3) is 0.542. The number of nitrogens with one attached hydrogen (secondary N) is 1. The van der Waals surface area contributed by atoms with Crippen molar-refractivity contribution in [1.82, 2.24) is 9.97 Å². The molecule has 1 heterocycles. The van der Waals surface area contributed by atoms with Gasteiger partial charge < -0.3 is 4.98 Å². The molecule has 0 bridgehead atoms. The van der Waals surface area contributed by atoms with Gasteiger partial charge in [-0.1, -0.05) is 68.9 Å². The number of hydrogen-bond acceptors (Lipinski definition) is 1. The number of benzene rings is 1. The summed E-state index contributed by atoms with van der Waals surface area (Å²) < 4.78 is 0. The molecule has 3 aliphatic carbocycles. The van der Waals surface area contributed by atoms with Crippen molar-refractivity contribution in [1.29, 1.82) is 0 Å². The molecule has 26 heavy (non-hydrogen) atoms. The first-order valence-electron chi connectivity index (χ1n) is 10.7. The fourth-order valence-electron chi connectivity index (χ4n) is 6.02. The Kier molecular flexibility index (Phi) is 4.23. The van der Waals surface area contributed by atoms with Gasteiger partial charge in [0.15, 0.2) is 0 Å². The zero-order valence-corrected chi connectivity index (χ0v) is 15.7. The summed E-state index contributed by atoms with van der Waals surface area (Å²) in [5.41, 5.74) is 4.62. The van der Waals surface area contributed by atoms with E-state index in [9.17, 15) is 0 Å². The van der Waals surface area contributed by atoms with Crippen molar-refractivity contribution in [3.8, 4) is 0 Å². The molecule has 0 spiro atoms. The second-order valence-corrected chi connectivity index (χ2v) is 8.62. The number of hydrogen-bond donors (Lipinski definition) is 1. The summed E-state index contributed by atoms with van der Waals surface area (Å²) in [6.45, 7) is 0. The molecule has 0 saturated heterocycles. The van der Waals surface area contributed by atoms with Crippen LogP contribution in [0.5, 0.6) is 0 Å². The van der Waals surface area contributed by atoms with E-state index >= 15 is 0 Å². The lowest BCUT2D eigenvalue weighted by Crippen LogP contribution is -2.36. The van der Waals surface area contributed by atoms with Crippen molar-refractivity contribution in [2.24, 2.45) is 11.8 Å². The molecular weight excluding hydrogens is 316 g/mol. The minimum atomic E-state index is -0.0344. The van der Waals surface area contributed by atoms with Gasteiger partial charge in [0.05, 0.1) is 5.41 Å². The van der Waals surface area contributed by atoms with Gasteiger partial charge in [0.2, 0.25) is 0 Å². The van der Waals surface area contributed by atoms with Gasteiger partial charge in [-0.3, -0.25) is 0 Å². The minimum absolute atomic E-state index is 0.0344. The van der Waals surface area contributed by atoms with Gasteiger partial charge in [-0.2, -0.15) is 0 Å². The molecule has 1 unspecified atom stereocenters. The zero-order chi connectivity index (χ0) is 17.4. The number of nitrogens with zero attached hydrogens (tertiary/aromatic N) is 1. The molecule has 2 aromatic rings. The molecule has 1 atom stereocenters. The zero-order valence-electron chi connectivity index (χ0n) is 15.7. The third kappa shape index (κ3) is 2.49. The molecule has 5 rings (SSSR count). The van der Waals surface area contributed by atoms with Crippen LogP contribution in [0.4, 0.5) is 0 Å². The first-order valence-corrected chi connectivity index (χ1v) is 10.7. The lowest BCUT2D eigenvalue weighted by Gasteiger charge is -2.38. The molecule has 1 aromatic carbocycles. The van der Waals surface area contributed by atoms with E-state index in [1.54, 1.807) is 5.57 Å². The van der Waals surface area contributed by atoms with Gasteiger partial charge in [0, 0.05) is 12.4 Å². The maximum absolute atomic E-state index is 4.82. The lowest BCUT2D eigenvalue weighted by molar-refractivity contribution is 0.272. The third-order valence-corrected chi connectivity index (χ3v) is 7.25. The molecule has 3 aliphatic rings. The normalized spacial score (nSPS) is 27.3. The predicted octanol–water partition coefficient (Wildman–Crippen LogP) is 6.25. The highest BCUT2D eigenvalue weighted by Gasteiger charge is 2.48. The monoisotopic (exact) mass is 346 g/mol. The van der Waals surface area contributed by atoms with Gasteiger partial charge in [-0.25, -0.2) is 4.98 Å². The van der Waals surface area contributed by atoms with Crippen molar-refractivity contribution in [2.45, 2.75) is 69.6 Å². The standard InChI is InChI=1S/C24H30N2/c1-3-9-18(10-4-1)21-17-24(23-25-15-16-26-23,19-11-5-2-6-12-19)22-14-8-7-13-20(21)22/h7-8,13-19H,1-6,9-12H2,(H,25,26). The van der Waals surface area contributed by atoms with Crippen LogP contribution in [0.25, 0.3) is 5.57 Å². The smallest absolute Gasteiger partial charge is 0.120 e. The van der Waals surface area contributed by atoms with Gasteiger partial charge in [0.25, 0.3) is 0 Å². The van der Waals surface area contributed by atoms with Crippen LogP contribution in [0.3, 0.4) is 0 Å². The van der Waals surface area contributed by atoms with Gasteiger partial charge >= 0.3 is 0 Å². The van der Waals surface area contributed by atoms with E-state index in [4.69, 9.17) is 4.98 Å². The van der Waals surface area contributed by atoms with E-state index in [1.807, 2.05) is 12.4 Å². The number of aromatic nitrogens is 2. The Morgan fingerprint density at radius 3 is 2.35 bits per heavy atom. The van der Waals surface area contributed by atoms with Crippen LogP contribution >= 0.6 is 0 Å². The Hall–Kier alpha value is -1.83. The van der Waals surface area contributed by atoms with Crippen molar-refractivity contribution in [3.05, 3.63) is 59.7 Å². The van der Waals surface area contributed by atoms with Crippen LogP contribution in [0.2, 0.25) is 0 Å². The van der Waals surface area contributed by atoms with E-state index < -0.39 is 0 Å². The molecule has 2 fully saturated rings. The first kappa shape index (κ1) is 16.4. The van der Waals surface area contributed by atoms with Gasteiger partial charge in [-0.15, -0.1) is 0 Å². The lowest BCUT2D eigenvalue weighted by atomic mass is 9.65. The summed E-state index contributed by atoms with van der Waals surface area (Å²) in [7, 11) is 0. The maximum atomic E-state index is 4.82. The average Bonchev–Trinajstić information content (AvgIpc) is 3.37. The van der Waals surface area contributed by atoms with Crippen LogP contribution in [-0.2, 0) is 5.41 Å². The number of aromatic amines is 1. The van der Waals surface area contributed by atoms with Gasteiger partial charge in [-0.05, 0) is 54.2 Å². The van der Waals surface area contributed by atoms with Crippen molar-refractivity contribution >= 4 is 5.57 Å². The van der Waals surface area contributed by atoms with Crippen LogP contribution < -0.4 is 0 Å². The van der Waals surface area contributed by atoms with Crippen molar-refractivity contribution in [2.75, 3.05) is 0 Å². The molecular formula is C24H30N2. The summed E-state index contributed by atoms with van der Waals surface area (Å²) in [6, 6.07) is 9.23. The Morgan fingerprint density at radius 1 is 0.885 bits per heavy atom. The highest BCUT2D eigenvalue weighted by Crippen LogP contribution is 2.55. The Morgan fingerprint density at radius 2 is 1.62 bits per heavy atom. The molecule has 2 nitrogen and oxygen atoms in total. The highest BCUT2D eigenvalue weighted by molar-refractivity contribution is 5.79. The third-order valence-electron chi connectivity index (χ3n) is 7.25. The number of fused-ring (bicyclic) bond motifs is 1. The topological polar surface area (TPSA) is 28.7 Å². The van der Waals surface area contributed by atoms with E-state index in [2.05, 4.69) is 35.3 Å². The van der Waals surface area contributed by atoms with Crippen LogP contribution in [0.1, 0.15) is 81.2 Å². The molecule has 1 aromatic heterocycles. The molecule has 0 aliphatic heterocycles. The highest BCUT2D eigenvalue weighted by atomic mass is 14.9. The predicted molar refractivity (Wildman–Crippen MR) is 107 cm³/mol. The summed E-state index contributed by atoms with van der Waals surface area (Å²) >= 11 is 0. The molecule has 0 amide bonds. The summed E-state index contributed by atoms with van der Waals surface area (Å²) in [5, 5.41) is 0. The first-order chi connectivity index (χ1) is 12.9. The quantitative estimate of drug-likeness (QED) is 0.699. The Labute approximate surface area is 157 Å². The minimum Gasteiger partial charge on any atom is -0.348 e. The second-order valence-electron chi connectivity index (χ2n) is 8.62. The van der Waals surface area contributed by atoms with Crippen LogP contribution in [0.15, 0.2) is 42.7 Å². The number of rotatable bonds is 3. The largest absolute Gasteiger partial charge is 0.348 e. The molecule has 1 N–H and O–H groups in total. The second kappa shape index (κ2) is 6.72. The number of allylic oxidation sites excluding steroid dienone is 2. The average molecular weight is 347 g/mol. The fourth-order valence-corrected chi connectivity index (χ4v) is 6.02. The van der Waals surface area contributed by atoms with E-state index in [0.717, 1.165) is 5.92 Å². The molecule has 136 valence electrons.